The molecule has 0 spiro atoms. The predicted molar refractivity (Wildman–Crippen MR) is 47.4 cm³/mol. The van der Waals surface area contributed by atoms with E-state index < -0.39 is 18.0 Å². The standard InChI is InChI=1S/C8H6F3N3O2/c9-8(10,11)7(16)14-5-3-13-2-1-4(5)6(12)15/h1-3H,(H2,12,15)(H,14,16). The molecule has 1 aromatic rings. The fourth-order valence-electron chi connectivity index (χ4n) is 0.902. The summed E-state index contributed by atoms with van der Waals surface area (Å²) in [5.41, 5.74) is 4.28. The van der Waals surface area contributed by atoms with Gasteiger partial charge in [0.15, 0.2) is 0 Å². The molecule has 0 radical (unpaired) electrons. The smallest absolute Gasteiger partial charge is 0.366 e. The summed E-state index contributed by atoms with van der Waals surface area (Å²) in [5.74, 6) is -3.15. The molecular weight excluding hydrogens is 227 g/mol. The minimum absolute atomic E-state index is 0.243. The van der Waals surface area contributed by atoms with E-state index in [1.165, 1.54) is 11.5 Å². The van der Waals surface area contributed by atoms with Crippen molar-refractivity contribution in [1.29, 1.82) is 0 Å². The first kappa shape index (κ1) is 12.0. The first-order chi connectivity index (χ1) is 7.32. The van der Waals surface area contributed by atoms with Crippen LogP contribution < -0.4 is 11.1 Å². The molecule has 2 amide bonds. The van der Waals surface area contributed by atoms with Crippen molar-refractivity contribution in [2.45, 2.75) is 6.18 Å². The molecular formula is C8H6F3N3O2. The van der Waals surface area contributed by atoms with Crippen LogP contribution in [-0.4, -0.2) is 23.0 Å². The molecule has 0 aliphatic heterocycles. The third-order valence-corrected chi connectivity index (χ3v) is 1.59. The molecule has 0 atom stereocenters. The Morgan fingerprint density at radius 1 is 1.38 bits per heavy atom. The van der Waals surface area contributed by atoms with Crippen molar-refractivity contribution in [3.63, 3.8) is 0 Å². The van der Waals surface area contributed by atoms with Crippen LogP contribution in [0, 0.1) is 0 Å². The number of halogens is 3. The molecule has 0 aromatic carbocycles. The molecule has 1 aromatic heterocycles. The zero-order valence-corrected chi connectivity index (χ0v) is 7.71. The van der Waals surface area contributed by atoms with Crippen molar-refractivity contribution in [2.75, 3.05) is 5.32 Å². The van der Waals surface area contributed by atoms with Gasteiger partial charge in [0.25, 0.3) is 5.91 Å². The molecule has 1 rings (SSSR count). The Kier molecular flexibility index (Phi) is 3.11. The summed E-state index contributed by atoms with van der Waals surface area (Å²) in [5, 5.41) is 1.50. The van der Waals surface area contributed by atoms with Gasteiger partial charge in [0, 0.05) is 6.20 Å². The van der Waals surface area contributed by atoms with Crippen LogP contribution in [0.2, 0.25) is 0 Å². The van der Waals surface area contributed by atoms with E-state index in [0.717, 1.165) is 12.3 Å². The van der Waals surface area contributed by atoms with Gasteiger partial charge in [-0.3, -0.25) is 14.6 Å². The molecule has 0 aliphatic rings. The first-order valence-electron chi connectivity index (χ1n) is 3.94. The van der Waals surface area contributed by atoms with Crippen LogP contribution in [0.4, 0.5) is 18.9 Å². The fourth-order valence-corrected chi connectivity index (χ4v) is 0.902. The Bertz CT molecular complexity index is 431. The van der Waals surface area contributed by atoms with Crippen molar-refractivity contribution in [3.05, 3.63) is 24.0 Å². The Balaban J connectivity index is 2.98. The van der Waals surface area contributed by atoms with Gasteiger partial charge in [-0.2, -0.15) is 13.2 Å². The van der Waals surface area contributed by atoms with Crippen LogP contribution in [0.25, 0.3) is 0 Å². The summed E-state index contributed by atoms with van der Waals surface area (Å²) in [6.07, 6.45) is -2.96. The zero-order valence-electron chi connectivity index (χ0n) is 7.71. The molecule has 3 N–H and O–H groups in total. The summed E-state index contributed by atoms with van der Waals surface area (Å²) in [6.45, 7) is 0. The van der Waals surface area contributed by atoms with Crippen LogP contribution in [0.3, 0.4) is 0 Å². The summed E-state index contributed by atoms with van der Waals surface area (Å²) in [7, 11) is 0. The van der Waals surface area contributed by atoms with Crippen molar-refractivity contribution in [3.8, 4) is 0 Å². The van der Waals surface area contributed by atoms with Gasteiger partial charge >= 0.3 is 12.1 Å². The molecule has 0 saturated heterocycles. The number of hydrogen-bond donors (Lipinski definition) is 2. The number of pyridine rings is 1. The van der Waals surface area contributed by atoms with Crippen molar-refractivity contribution in [1.82, 2.24) is 4.98 Å². The van der Waals surface area contributed by atoms with Gasteiger partial charge in [0.2, 0.25) is 0 Å². The van der Waals surface area contributed by atoms with E-state index in [0.29, 0.717) is 0 Å². The minimum Gasteiger partial charge on any atom is -0.366 e. The fraction of sp³-hybridized carbons (Fsp3) is 0.125. The largest absolute Gasteiger partial charge is 0.471 e. The molecule has 1 heterocycles. The first-order valence-corrected chi connectivity index (χ1v) is 3.94. The number of carbonyl (C=O) groups excluding carboxylic acids is 2. The van der Waals surface area contributed by atoms with E-state index in [-0.39, 0.29) is 11.3 Å². The molecule has 5 nitrogen and oxygen atoms in total. The van der Waals surface area contributed by atoms with Crippen molar-refractivity contribution in [2.24, 2.45) is 5.73 Å². The third kappa shape index (κ3) is 2.69. The second-order valence-corrected chi connectivity index (χ2v) is 2.74. The Labute approximate surface area is 87.5 Å². The molecule has 86 valence electrons. The number of rotatable bonds is 2. The maximum Gasteiger partial charge on any atom is 0.471 e. The monoisotopic (exact) mass is 233 g/mol. The highest BCUT2D eigenvalue weighted by molar-refractivity contribution is 6.03. The number of alkyl halides is 3. The van der Waals surface area contributed by atoms with E-state index >= 15 is 0 Å². The number of nitrogens with zero attached hydrogens (tertiary/aromatic N) is 1. The van der Waals surface area contributed by atoms with Gasteiger partial charge in [-0.1, -0.05) is 0 Å². The van der Waals surface area contributed by atoms with Crippen LogP contribution in [0.15, 0.2) is 18.5 Å². The highest BCUT2D eigenvalue weighted by Gasteiger charge is 2.39. The predicted octanol–water partition coefficient (Wildman–Crippen LogP) is 0.681. The molecule has 16 heavy (non-hydrogen) atoms. The van der Waals surface area contributed by atoms with Gasteiger partial charge in [0.1, 0.15) is 0 Å². The van der Waals surface area contributed by atoms with Gasteiger partial charge in [-0.05, 0) is 6.07 Å². The lowest BCUT2D eigenvalue weighted by Crippen LogP contribution is -2.31. The summed E-state index contributed by atoms with van der Waals surface area (Å²) >= 11 is 0. The number of primary amides is 1. The lowest BCUT2D eigenvalue weighted by Gasteiger charge is -2.09. The number of aromatic nitrogens is 1. The van der Waals surface area contributed by atoms with E-state index in [2.05, 4.69) is 4.98 Å². The van der Waals surface area contributed by atoms with Crippen LogP contribution in [0.1, 0.15) is 10.4 Å². The van der Waals surface area contributed by atoms with Gasteiger partial charge in [-0.15, -0.1) is 0 Å². The van der Waals surface area contributed by atoms with E-state index in [1.54, 1.807) is 0 Å². The molecule has 0 bridgehead atoms. The van der Waals surface area contributed by atoms with Gasteiger partial charge in [0.05, 0.1) is 17.4 Å². The van der Waals surface area contributed by atoms with Crippen molar-refractivity contribution >= 4 is 17.5 Å². The van der Waals surface area contributed by atoms with Crippen molar-refractivity contribution < 1.29 is 22.8 Å². The molecule has 0 aliphatic carbocycles. The Morgan fingerprint density at radius 2 is 2.00 bits per heavy atom. The molecule has 0 unspecified atom stereocenters. The normalized spacial score (nSPS) is 10.9. The molecule has 0 fully saturated rings. The highest BCUT2D eigenvalue weighted by Crippen LogP contribution is 2.19. The van der Waals surface area contributed by atoms with Gasteiger partial charge in [-0.25, -0.2) is 0 Å². The minimum atomic E-state index is -5.04. The van der Waals surface area contributed by atoms with E-state index in [1.807, 2.05) is 0 Å². The summed E-state index contributed by atoms with van der Waals surface area (Å²) < 4.78 is 35.8. The van der Waals surface area contributed by atoms with Crippen LogP contribution >= 0.6 is 0 Å². The maximum atomic E-state index is 11.9. The highest BCUT2D eigenvalue weighted by atomic mass is 19.4. The number of anilines is 1. The second-order valence-electron chi connectivity index (χ2n) is 2.74. The molecule has 0 saturated carbocycles. The second kappa shape index (κ2) is 4.17. The summed E-state index contributed by atoms with van der Waals surface area (Å²) in [6, 6.07) is 1.11. The topological polar surface area (TPSA) is 85.1 Å². The lowest BCUT2D eigenvalue weighted by atomic mass is 10.2. The SMILES string of the molecule is NC(=O)c1ccncc1NC(=O)C(F)(F)F. The average Bonchev–Trinajstić information content (AvgIpc) is 2.16. The summed E-state index contributed by atoms with van der Waals surface area (Å²) in [4.78, 5) is 24.9. The van der Waals surface area contributed by atoms with E-state index in [9.17, 15) is 22.8 Å². The van der Waals surface area contributed by atoms with Gasteiger partial charge < -0.3 is 11.1 Å². The number of amides is 2. The Morgan fingerprint density at radius 3 is 2.50 bits per heavy atom. The number of hydrogen-bond acceptors (Lipinski definition) is 3. The number of carbonyl (C=O) groups is 2. The van der Waals surface area contributed by atoms with E-state index in [4.69, 9.17) is 5.73 Å². The van der Waals surface area contributed by atoms with Crippen LogP contribution in [0.5, 0.6) is 0 Å². The maximum absolute atomic E-state index is 11.9. The number of nitrogens with one attached hydrogen (secondary N) is 1. The average molecular weight is 233 g/mol. The van der Waals surface area contributed by atoms with Crippen LogP contribution in [-0.2, 0) is 4.79 Å². The quantitative estimate of drug-likeness (QED) is 0.787. The Hall–Kier alpha value is -2.12. The number of nitrogens with two attached hydrogens (primary N) is 1. The lowest BCUT2D eigenvalue weighted by molar-refractivity contribution is -0.167. The molecule has 8 heteroatoms. The third-order valence-electron chi connectivity index (χ3n) is 1.59. The zero-order chi connectivity index (χ0) is 12.3.